The number of amides is 1. The van der Waals surface area contributed by atoms with Crippen molar-refractivity contribution >= 4 is 11.5 Å². The second-order valence-corrected chi connectivity index (χ2v) is 7.95. The van der Waals surface area contributed by atoms with E-state index in [1.807, 2.05) is 6.92 Å². The summed E-state index contributed by atoms with van der Waals surface area (Å²) in [6.07, 6.45) is 4.55. The van der Waals surface area contributed by atoms with E-state index in [4.69, 9.17) is 9.47 Å². The number of benzene rings is 1. The molecule has 0 bridgehead atoms. The average Bonchev–Trinajstić information content (AvgIpc) is 2.86. The molecule has 27 heavy (non-hydrogen) atoms. The summed E-state index contributed by atoms with van der Waals surface area (Å²) >= 11 is 0. The standard InChI is InChI=1S/C23H31NO3/c1-7-17-13-15(4)12-16(5)19(17)20-21(27-14(2)3)23(24-22(20)25)10-8-18(26-6)9-11-23/h12-13,18H,2,7-11H2,1,3-6H3,(H,24,25). The molecule has 0 unspecified atom stereocenters. The van der Waals surface area contributed by atoms with E-state index in [1.165, 1.54) is 11.1 Å². The fourth-order valence-corrected chi connectivity index (χ4v) is 4.59. The molecule has 2 aliphatic rings. The van der Waals surface area contributed by atoms with Crippen molar-refractivity contribution in [1.29, 1.82) is 0 Å². The summed E-state index contributed by atoms with van der Waals surface area (Å²) in [6.45, 7) is 12.1. The lowest BCUT2D eigenvalue weighted by molar-refractivity contribution is -0.116. The number of aryl methyl sites for hydroxylation is 3. The maximum absolute atomic E-state index is 13.2. The van der Waals surface area contributed by atoms with E-state index >= 15 is 0 Å². The van der Waals surface area contributed by atoms with Crippen molar-refractivity contribution in [2.45, 2.75) is 71.4 Å². The van der Waals surface area contributed by atoms with Crippen LogP contribution in [0.5, 0.6) is 0 Å². The molecule has 4 heteroatoms. The van der Waals surface area contributed by atoms with Crippen molar-refractivity contribution in [1.82, 2.24) is 5.32 Å². The molecule has 0 saturated heterocycles. The van der Waals surface area contributed by atoms with Crippen molar-refractivity contribution < 1.29 is 14.3 Å². The monoisotopic (exact) mass is 369 g/mol. The number of hydrogen-bond acceptors (Lipinski definition) is 3. The molecule has 0 atom stereocenters. The van der Waals surface area contributed by atoms with Gasteiger partial charge in [0.05, 0.1) is 23.0 Å². The van der Waals surface area contributed by atoms with Crippen LogP contribution in [0.3, 0.4) is 0 Å². The first-order valence-corrected chi connectivity index (χ1v) is 9.85. The summed E-state index contributed by atoms with van der Waals surface area (Å²) in [7, 11) is 1.76. The third kappa shape index (κ3) is 3.55. The first kappa shape index (κ1) is 19.7. The lowest BCUT2D eigenvalue weighted by atomic mass is 9.78. The Morgan fingerprint density at radius 2 is 1.96 bits per heavy atom. The van der Waals surface area contributed by atoms with Crippen LogP contribution in [0.15, 0.2) is 30.2 Å². The van der Waals surface area contributed by atoms with Crippen LogP contribution in [0.25, 0.3) is 5.57 Å². The highest BCUT2D eigenvalue weighted by Crippen LogP contribution is 2.45. The SMILES string of the molecule is C=C(C)OC1=C(c2c(C)cc(C)cc2CC)C(=O)NC12CCC(OC)CC2. The lowest BCUT2D eigenvalue weighted by Gasteiger charge is -2.38. The summed E-state index contributed by atoms with van der Waals surface area (Å²) in [5.74, 6) is 1.31. The molecule has 1 saturated carbocycles. The van der Waals surface area contributed by atoms with Crippen LogP contribution in [0.1, 0.15) is 61.8 Å². The van der Waals surface area contributed by atoms with Gasteiger partial charge in [-0.2, -0.15) is 0 Å². The quantitative estimate of drug-likeness (QED) is 0.773. The van der Waals surface area contributed by atoms with Crippen molar-refractivity contribution in [3.8, 4) is 0 Å². The number of carbonyl (C=O) groups excluding carboxylic acids is 1. The first-order chi connectivity index (χ1) is 12.8. The number of rotatable bonds is 5. The van der Waals surface area contributed by atoms with Gasteiger partial charge in [0.15, 0.2) is 0 Å². The van der Waals surface area contributed by atoms with Crippen LogP contribution in [0.4, 0.5) is 0 Å². The van der Waals surface area contributed by atoms with E-state index in [0.29, 0.717) is 11.3 Å². The number of carbonyl (C=O) groups is 1. The fourth-order valence-electron chi connectivity index (χ4n) is 4.59. The van der Waals surface area contributed by atoms with Crippen LogP contribution < -0.4 is 5.32 Å². The van der Waals surface area contributed by atoms with E-state index in [9.17, 15) is 4.79 Å². The van der Waals surface area contributed by atoms with E-state index in [2.05, 4.69) is 44.8 Å². The van der Waals surface area contributed by atoms with Crippen LogP contribution >= 0.6 is 0 Å². The van der Waals surface area contributed by atoms with Crippen LogP contribution in [-0.2, 0) is 20.7 Å². The van der Waals surface area contributed by atoms with E-state index in [-0.39, 0.29) is 12.0 Å². The smallest absolute Gasteiger partial charge is 0.256 e. The minimum absolute atomic E-state index is 0.0382. The Balaban J connectivity index is 2.17. The molecule has 1 amide bonds. The molecular weight excluding hydrogens is 338 g/mol. The number of ether oxygens (including phenoxy) is 2. The molecule has 0 aromatic heterocycles. The Labute approximate surface area is 162 Å². The predicted molar refractivity (Wildman–Crippen MR) is 108 cm³/mol. The van der Waals surface area contributed by atoms with E-state index in [1.54, 1.807) is 7.11 Å². The van der Waals surface area contributed by atoms with Gasteiger partial charge in [0.1, 0.15) is 5.76 Å². The van der Waals surface area contributed by atoms with Crippen molar-refractivity contribution in [2.75, 3.05) is 7.11 Å². The second kappa shape index (κ2) is 7.51. The van der Waals surface area contributed by atoms with Gasteiger partial charge in [0, 0.05) is 7.11 Å². The highest BCUT2D eigenvalue weighted by Gasteiger charge is 2.49. The van der Waals surface area contributed by atoms with Gasteiger partial charge in [-0.1, -0.05) is 31.2 Å². The van der Waals surface area contributed by atoms with Crippen molar-refractivity contribution in [3.05, 3.63) is 52.5 Å². The lowest BCUT2D eigenvalue weighted by Crippen LogP contribution is -2.48. The number of hydrogen-bond donors (Lipinski definition) is 1. The largest absolute Gasteiger partial charge is 0.464 e. The molecule has 1 N–H and O–H groups in total. The van der Waals surface area contributed by atoms with Crippen LogP contribution in [-0.4, -0.2) is 24.7 Å². The molecule has 1 fully saturated rings. The van der Waals surface area contributed by atoms with Crippen molar-refractivity contribution in [3.63, 3.8) is 0 Å². The highest BCUT2D eigenvalue weighted by molar-refractivity contribution is 6.24. The second-order valence-electron chi connectivity index (χ2n) is 7.95. The Hall–Kier alpha value is -2.07. The van der Waals surface area contributed by atoms with Gasteiger partial charge in [0.2, 0.25) is 0 Å². The maximum atomic E-state index is 13.2. The maximum Gasteiger partial charge on any atom is 0.256 e. The molecule has 1 spiro atoms. The summed E-state index contributed by atoms with van der Waals surface area (Å²) in [6, 6.07) is 4.31. The number of methoxy groups -OCH3 is 1. The zero-order valence-corrected chi connectivity index (χ0v) is 17.2. The minimum Gasteiger partial charge on any atom is -0.464 e. The van der Waals surface area contributed by atoms with Gasteiger partial charge < -0.3 is 14.8 Å². The average molecular weight is 370 g/mol. The predicted octanol–water partition coefficient (Wildman–Crippen LogP) is 4.58. The summed E-state index contributed by atoms with van der Waals surface area (Å²) in [4.78, 5) is 13.2. The van der Waals surface area contributed by atoms with Crippen LogP contribution in [0, 0.1) is 13.8 Å². The number of allylic oxidation sites excluding steroid dienone is 1. The summed E-state index contributed by atoms with van der Waals surface area (Å²) < 4.78 is 11.7. The van der Waals surface area contributed by atoms with Gasteiger partial charge in [-0.05, 0) is 69.6 Å². The molecule has 1 aliphatic carbocycles. The topological polar surface area (TPSA) is 47.6 Å². The van der Waals surface area contributed by atoms with Gasteiger partial charge >= 0.3 is 0 Å². The minimum atomic E-state index is -0.456. The zero-order chi connectivity index (χ0) is 19.8. The zero-order valence-electron chi connectivity index (χ0n) is 17.2. The number of nitrogens with one attached hydrogen (secondary N) is 1. The van der Waals surface area contributed by atoms with Gasteiger partial charge in [0.25, 0.3) is 5.91 Å². The Morgan fingerprint density at radius 1 is 1.30 bits per heavy atom. The van der Waals surface area contributed by atoms with Gasteiger partial charge in [-0.3, -0.25) is 4.79 Å². The molecule has 1 aromatic rings. The van der Waals surface area contributed by atoms with Crippen molar-refractivity contribution in [2.24, 2.45) is 0 Å². The molecule has 1 aromatic carbocycles. The molecule has 0 radical (unpaired) electrons. The fraction of sp³-hybridized carbons (Fsp3) is 0.522. The molecule has 146 valence electrons. The van der Waals surface area contributed by atoms with Gasteiger partial charge in [-0.15, -0.1) is 0 Å². The first-order valence-electron chi connectivity index (χ1n) is 9.85. The van der Waals surface area contributed by atoms with Crippen LogP contribution in [0.2, 0.25) is 0 Å². The Kier molecular flexibility index (Phi) is 5.48. The van der Waals surface area contributed by atoms with E-state index < -0.39 is 5.54 Å². The summed E-state index contributed by atoms with van der Waals surface area (Å²) in [5, 5.41) is 3.28. The molecule has 4 nitrogen and oxygen atoms in total. The summed E-state index contributed by atoms with van der Waals surface area (Å²) in [5.41, 5.74) is 4.75. The Bertz CT molecular complexity index is 798. The Morgan fingerprint density at radius 3 is 2.52 bits per heavy atom. The molecular formula is C23H31NO3. The third-order valence-electron chi connectivity index (χ3n) is 5.83. The van der Waals surface area contributed by atoms with E-state index in [0.717, 1.165) is 49.0 Å². The third-order valence-corrected chi connectivity index (χ3v) is 5.83. The highest BCUT2D eigenvalue weighted by atomic mass is 16.5. The van der Waals surface area contributed by atoms with Gasteiger partial charge in [-0.25, -0.2) is 0 Å². The normalized spacial score (nSPS) is 25.1. The molecule has 1 heterocycles. The molecule has 3 rings (SSSR count). The molecule has 1 aliphatic heterocycles.